The lowest BCUT2D eigenvalue weighted by Crippen LogP contribution is -1.91. The number of carboxylic acid groups (broad SMARTS) is 1. The van der Waals surface area contributed by atoms with Gasteiger partial charge in [-0.25, -0.2) is 0 Å². The summed E-state index contributed by atoms with van der Waals surface area (Å²) in [4.78, 5) is 20.3. The predicted octanol–water partition coefficient (Wildman–Crippen LogP) is 1.95. The third kappa shape index (κ3) is 9.17. The van der Waals surface area contributed by atoms with E-state index in [2.05, 4.69) is 0 Å². The molecule has 3 nitrogen and oxygen atoms in total. The summed E-state index contributed by atoms with van der Waals surface area (Å²) in [7, 11) is 0. The topological polar surface area (TPSA) is 54.4 Å². The Morgan fingerprint density at radius 3 is 2.08 bits per heavy atom. The van der Waals surface area contributed by atoms with E-state index < -0.39 is 5.97 Å². The molecule has 1 N–H and O–H groups in total. The predicted molar refractivity (Wildman–Crippen MR) is 46.1 cm³/mol. The first-order chi connectivity index (χ1) is 5.63. The van der Waals surface area contributed by atoms with E-state index in [4.69, 9.17) is 16.7 Å². The van der Waals surface area contributed by atoms with Crippen molar-refractivity contribution in [3.8, 4) is 0 Å². The summed E-state index contributed by atoms with van der Waals surface area (Å²) in [6, 6.07) is 0. The molecule has 4 heteroatoms. The minimum Gasteiger partial charge on any atom is -0.481 e. The van der Waals surface area contributed by atoms with Gasteiger partial charge in [-0.15, -0.1) is 0 Å². The lowest BCUT2D eigenvalue weighted by Gasteiger charge is -1.88. The molecule has 0 aliphatic heterocycles. The number of hydrogen-bond donors (Lipinski definition) is 1. The number of halogens is 1. The van der Waals surface area contributed by atoms with Crippen molar-refractivity contribution in [2.75, 3.05) is 0 Å². The van der Waals surface area contributed by atoms with E-state index in [1.54, 1.807) is 12.2 Å². The fourth-order valence-electron chi connectivity index (χ4n) is 0.639. The molecule has 0 amide bonds. The van der Waals surface area contributed by atoms with Crippen molar-refractivity contribution in [3.05, 3.63) is 12.2 Å². The Morgan fingerprint density at radius 1 is 1.17 bits per heavy atom. The first-order valence-corrected chi connectivity index (χ1v) is 4.06. The smallest absolute Gasteiger partial charge is 0.303 e. The minimum atomic E-state index is -0.812. The monoisotopic (exact) mass is 190 g/mol. The van der Waals surface area contributed by atoms with Crippen LogP contribution in [0.2, 0.25) is 0 Å². The Hall–Kier alpha value is -0.830. The number of allylic oxidation sites excluding steroid dienone is 2. The van der Waals surface area contributed by atoms with Crippen LogP contribution in [0.15, 0.2) is 12.2 Å². The van der Waals surface area contributed by atoms with Crippen molar-refractivity contribution < 1.29 is 14.7 Å². The molecule has 0 fully saturated rings. The highest BCUT2D eigenvalue weighted by Gasteiger charge is 1.93. The maximum Gasteiger partial charge on any atom is 0.303 e. The highest BCUT2D eigenvalue weighted by atomic mass is 35.5. The van der Waals surface area contributed by atoms with Crippen LogP contribution in [-0.2, 0) is 9.59 Å². The molecular formula is C8H11ClO3. The molecule has 0 radical (unpaired) electrons. The number of hydrogen-bond acceptors (Lipinski definition) is 2. The van der Waals surface area contributed by atoms with Crippen LogP contribution in [-0.4, -0.2) is 16.3 Å². The largest absolute Gasteiger partial charge is 0.481 e. The van der Waals surface area contributed by atoms with Crippen LogP contribution in [0.25, 0.3) is 0 Å². The van der Waals surface area contributed by atoms with Crippen molar-refractivity contribution in [1.82, 2.24) is 0 Å². The van der Waals surface area contributed by atoms with Crippen LogP contribution >= 0.6 is 11.6 Å². The molecule has 0 atom stereocenters. The van der Waals surface area contributed by atoms with Crippen molar-refractivity contribution >= 4 is 22.8 Å². The Kier molecular flexibility index (Phi) is 6.38. The van der Waals surface area contributed by atoms with E-state index in [0.29, 0.717) is 19.3 Å². The van der Waals surface area contributed by atoms with E-state index in [9.17, 15) is 9.59 Å². The molecule has 0 saturated carbocycles. The Balaban J connectivity index is 3.26. The highest BCUT2D eigenvalue weighted by Crippen LogP contribution is 1.98. The van der Waals surface area contributed by atoms with E-state index in [0.717, 1.165) is 0 Å². The fourth-order valence-corrected chi connectivity index (χ4v) is 0.748. The second-order valence-electron chi connectivity index (χ2n) is 2.30. The Labute approximate surface area is 76.0 Å². The molecule has 0 aliphatic carbocycles. The lowest BCUT2D eigenvalue weighted by molar-refractivity contribution is -0.136. The van der Waals surface area contributed by atoms with Gasteiger partial charge in [0.15, 0.2) is 0 Å². The average Bonchev–Trinajstić information content (AvgIpc) is 1.95. The third-order valence-electron chi connectivity index (χ3n) is 1.20. The van der Waals surface area contributed by atoms with Gasteiger partial charge < -0.3 is 5.11 Å². The summed E-state index contributed by atoms with van der Waals surface area (Å²) in [5.41, 5.74) is 0. The number of carbonyl (C=O) groups is 2. The summed E-state index contributed by atoms with van der Waals surface area (Å²) in [5.74, 6) is -0.812. The number of carboxylic acids is 1. The van der Waals surface area contributed by atoms with Crippen molar-refractivity contribution in [2.24, 2.45) is 0 Å². The van der Waals surface area contributed by atoms with Crippen LogP contribution in [0.5, 0.6) is 0 Å². The van der Waals surface area contributed by atoms with Gasteiger partial charge >= 0.3 is 5.97 Å². The second-order valence-corrected chi connectivity index (χ2v) is 2.72. The fraction of sp³-hybridized carbons (Fsp3) is 0.500. The van der Waals surface area contributed by atoms with Crippen molar-refractivity contribution in [1.29, 1.82) is 0 Å². The first kappa shape index (κ1) is 11.2. The molecule has 0 aromatic heterocycles. The van der Waals surface area contributed by atoms with E-state index in [-0.39, 0.29) is 11.7 Å². The first-order valence-electron chi connectivity index (χ1n) is 3.68. The zero-order chi connectivity index (χ0) is 9.40. The number of rotatable bonds is 6. The summed E-state index contributed by atoms with van der Waals surface area (Å²) in [6.07, 6.45) is 5.04. The molecule has 0 unspecified atom stereocenters. The molecule has 0 aromatic rings. The van der Waals surface area contributed by atoms with Gasteiger partial charge in [-0.2, -0.15) is 0 Å². The van der Waals surface area contributed by atoms with Crippen LogP contribution in [0, 0.1) is 0 Å². The molecule has 12 heavy (non-hydrogen) atoms. The summed E-state index contributed by atoms with van der Waals surface area (Å²) in [5, 5.41) is 7.89. The molecule has 0 aromatic carbocycles. The molecular weight excluding hydrogens is 180 g/mol. The molecule has 0 aliphatic rings. The maximum atomic E-state index is 10.2. The molecule has 0 spiro atoms. The quantitative estimate of drug-likeness (QED) is 0.515. The van der Waals surface area contributed by atoms with Crippen molar-refractivity contribution in [2.45, 2.75) is 25.7 Å². The van der Waals surface area contributed by atoms with Gasteiger partial charge in [0.1, 0.15) is 0 Å². The van der Waals surface area contributed by atoms with Gasteiger partial charge in [0.25, 0.3) is 0 Å². The zero-order valence-corrected chi connectivity index (χ0v) is 7.38. The van der Waals surface area contributed by atoms with Gasteiger partial charge in [0, 0.05) is 12.8 Å². The lowest BCUT2D eigenvalue weighted by atomic mass is 10.2. The van der Waals surface area contributed by atoms with E-state index in [1.165, 1.54) is 0 Å². The molecule has 0 bridgehead atoms. The van der Waals surface area contributed by atoms with E-state index >= 15 is 0 Å². The van der Waals surface area contributed by atoms with Gasteiger partial charge in [-0.1, -0.05) is 12.2 Å². The standard InChI is InChI=1S/C8H11ClO3/c9-7(10)5-3-1-2-4-6-8(11)12/h1-2H,3-6H2,(H,11,12)/b2-1-. The van der Waals surface area contributed by atoms with Crippen LogP contribution < -0.4 is 0 Å². The number of aliphatic carboxylic acids is 1. The van der Waals surface area contributed by atoms with Crippen LogP contribution in [0.3, 0.4) is 0 Å². The average molecular weight is 191 g/mol. The van der Waals surface area contributed by atoms with Gasteiger partial charge in [-0.3, -0.25) is 9.59 Å². The van der Waals surface area contributed by atoms with Gasteiger partial charge in [-0.05, 0) is 24.4 Å². The van der Waals surface area contributed by atoms with Gasteiger partial charge in [0.2, 0.25) is 5.24 Å². The third-order valence-corrected chi connectivity index (χ3v) is 1.39. The molecule has 68 valence electrons. The SMILES string of the molecule is O=C(O)CC/C=C\CCC(=O)Cl. The highest BCUT2D eigenvalue weighted by molar-refractivity contribution is 6.63. The Bertz CT molecular complexity index is 167. The zero-order valence-electron chi connectivity index (χ0n) is 6.62. The van der Waals surface area contributed by atoms with Crippen molar-refractivity contribution in [3.63, 3.8) is 0 Å². The minimum absolute atomic E-state index is 0.130. The van der Waals surface area contributed by atoms with Gasteiger partial charge in [0.05, 0.1) is 0 Å². The normalized spacial score (nSPS) is 10.4. The molecule has 0 heterocycles. The van der Waals surface area contributed by atoms with Crippen LogP contribution in [0.4, 0.5) is 0 Å². The van der Waals surface area contributed by atoms with E-state index in [1.807, 2.05) is 0 Å². The second kappa shape index (κ2) is 6.85. The summed E-state index contributed by atoms with van der Waals surface area (Å²) in [6.45, 7) is 0. The van der Waals surface area contributed by atoms with Crippen LogP contribution in [0.1, 0.15) is 25.7 Å². The summed E-state index contributed by atoms with van der Waals surface area (Å²) >= 11 is 5.07. The summed E-state index contributed by atoms with van der Waals surface area (Å²) < 4.78 is 0. The maximum absolute atomic E-state index is 10.2. The Morgan fingerprint density at radius 2 is 1.67 bits per heavy atom. The molecule has 0 saturated heterocycles. The molecule has 0 rings (SSSR count). The number of carbonyl (C=O) groups excluding carboxylic acids is 1.